The fraction of sp³-hybridized carbons (Fsp3) is 0.440. The molecular formula is C25H26ClFN2O. The Morgan fingerprint density at radius 1 is 1.17 bits per heavy atom. The van der Waals surface area contributed by atoms with Crippen LogP contribution in [0, 0.1) is 23.1 Å². The molecule has 0 aliphatic heterocycles. The predicted octanol–water partition coefficient (Wildman–Crippen LogP) is 6.52. The molecule has 30 heavy (non-hydrogen) atoms. The normalized spacial score (nSPS) is 31.6. The Labute approximate surface area is 181 Å². The second-order valence-electron chi connectivity index (χ2n) is 9.22. The van der Waals surface area contributed by atoms with E-state index in [4.69, 9.17) is 11.6 Å². The average Bonchev–Trinajstić information content (AvgIpc) is 3.06. The SMILES string of the molecule is C[C@]12CC[C@H]3c4ccc(O)cc4CC[C@@H]3[C@@H]1CC/C2=N/N=C\c1c(F)cccc1Cl. The first-order valence-corrected chi connectivity index (χ1v) is 11.2. The van der Waals surface area contributed by atoms with Gasteiger partial charge in [0, 0.05) is 16.7 Å². The predicted molar refractivity (Wildman–Crippen MR) is 119 cm³/mol. The quantitative estimate of drug-likeness (QED) is 0.433. The topological polar surface area (TPSA) is 45.0 Å². The van der Waals surface area contributed by atoms with Gasteiger partial charge in [0.1, 0.15) is 11.6 Å². The molecule has 5 rings (SSSR count). The van der Waals surface area contributed by atoms with Crippen molar-refractivity contribution in [3.05, 3.63) is 63.9 Å². The molecule has 2 saturated carbocycles. The highest BCUT2D eigenvalue weighted by Crippen LogP contribution is 2.60. The van der Waals surface area contributed by atoms with Crippen LogP contribution < -0.4 is 0 Å². The van der Waals surface area contributed by atoms with Gasteiger partial charge in [0.2, 0.25) is 0 Å². The van der Waals surface area contributed by atoms with Gasteiger partial charge in [-0.25, -0.2) is 4.39 Å². The highest BCUT2D eigenvalue weighted by atomic mass is 35.5. The van der Waals surface area contributed by atoms with Gasteiger partial charge >= 0.3 is 0 Å². The summed E-state index contributed by atoms with van der Waals surface area (Å²) in [5, 5.41) is 19.0. The van der Waals surface area contributed by atoms with Crippen molar-refractivity contribution in [1.29, 1.82) is 0 Å². The number of hydrogen-bond donors (Lipinski definition) is 1. The van der Waals surface area contributed by atoms with Gasteiger partial charge in [-0.15, -0.1) is 0 Å². The van der Waals surface area contributed by atoms with Crippen molar-refractivity contribution >= 4 is 23.5 Å². The van der Waals surface area contributed by atoms with Gasteiger partial charge in [0.25, 0.3) is 0 Å². The number of phenolic OH excluding ortho intramolecular Hbond substituents is 1. The van der Waals surface area contributed by atoms with E-state index in [1.807, 2.05) is 12.1 Å². The summed E-state index contributed by atoms with van der Waals surface area (Å²) < 4.78 is 14.0. The van der Waals surface area contributed by atoms with Crippen LogP contribution in [-0.4, -0.2) is 17.0 Å². The maximum absolute atomic E-state index is 14.0. The Bertz CT molecular complexity index is 1030. The van der Waals surface area contributed by atoms with E-state index in [1.54, 1.807) is 12.1 Å². The minimum atomic E-state index is -0.380. The number of nitrogens with zero attached hydrogens (tertiary/aromatic N) is 2. The first-order chi connectivity index (χ1) is 14.5. The number of hydrogen-bond acceptors (Lipinski definition) is 3. The van der Waals surface area contributed by atoms with E-state index in [-0.39, 0.29) is 11.2 Å². The lowest BCUT2D eigenvalue weighted by Gasteiger charge is -2.49. The molecule has 2 aromatic carbocycles. The first-order valence-electron chi connectivity index (χ1n) is 10.8. The van der Waals surface area contributed by atoms with Crippen LogP contribution in [-0.2, 0) is 6.42 Å². The van der Waals surface area contributed by atoms with Crippen LogP contribution in [0.1, 0.15) is 61.6 Å². The Morgan fingerprint density at radius 2 is 2.03 bits per heavy atom. The fourth-order valence-corrected chi connectivity index (χ4v) is 6.52. The third-order valence-electron chi connectivity index (χ3n) is 7.82. The van der Waals surface area contributed by atoms with E-state index in [9.17, 15) is 9.50 Å². The van der Waals surface area contributed by atoms with Crippen molar-refractivity contribution in [2.24, 2.45) is 27.5 Å². The molecule has 2 aromatic rings. The van der Waals surface area contributed by atoms with Gasteiger partial charge < -0.3 is 5.11 Å². The zero-order chi connectivity index (χ0) is 20.9. The molecule has 2 fully saturated rings. The molecule has 0 radical (unpaired) electrons. The molecule has 156 valence electrons. The van der Waals surface area contributed by atoms with E-state index in [0.717, 1.165) is 37.8 Å². The second-order valence-corrected chi connectivity index (χ2v) is 9.63. The van der Waals surface area contributed by atoms with Crippen LogP contribution in [0.2, 0.25) is 5.02 Å². The van der Waals surface area contributed by atoms with Crippen molar-refractivity contribution in [1.82, 2.24) is 0 Å². The van der Waals surface area contributed by atoms with Crippen molar-refractivity contribution in [3.8, 4) is 5.75 Å². The molecule has 3 aliphatic carbocycles. The molecule has 0 spiro atoms. The van der Waals surface area contributed by atoms with Crippen LogP contribution in [0.3, 0.4) is 0 Å². The molecule has 0 aromatic heterocycles. The Kier molecular flexibility index (Phi) is 4.93. The zero-order valence-corrected chi connectivity index (χ0v) is 17.9. The first kappa shape index (κ1) is 19.7. The van der Waals surface area contributed by atoms with Gasteiger partial charge in [-0.05, 0) is 91.7 Å². The third kappa shape index (κ3) is 3.17. The number of aryl methyl sites for hydroxylation is 1. The van der Waals surface area contributed by atoms with Gasteiger partial charge in [0.15, 0.2) is 0 Å². The Balaban J connectivity index is 1.40. The van der Waals surface area contributed by atoms with Crippen LogP contribution in [0.15, 0.2) is 46.6 Å². The van der Waals surface area contributed by atoms with Gasteiger partial charge in [0.05, 0.1) is 11.2 Å². The van der Waals surface area contributed by atoms with Gasteiger partial charge in [-0.1, -0.05) is 30.7 Å². The van der Waals surface area contributed by atoms with E-state index in [0.29, 0.717) is 34.1 Å². The summed E-state index contributed by atoms with van der Waals surface area (Å²) >= 11 is 6.09. The van der Waals surface area contributed by atoms with Crippen LogP contribution in [0.25, 0.3) is 0 Å². The monoisotopic (exact) mass is 424 g/mol. The van der Waals surface area contributed by atoms with Crippen molar-refractivity contribution in [2.45, 2.75) is 51.4 Å². The number of rotatable bonds is 2. The summed E-state index contributed by atoms with van der Waals surface area (Å²) in [5.41, 5.74) is 4.25. The molecule has 0 saturated heterocycles. The highest BCUT2D eigenvalue weighted by Gasteiger charge is 2.53. The maximum atomic E-state index is 14.0. The summed E-state index contributed by atoms with van der Waals surface area (Å²) in [6.07, 6.45) is 7.97. The van der Waals surface area contributed by atoms with Crippen molar-refractivity contribution < 1.29 is 9.50 Å². The van der Waals surface area contributed by atoms with Crippen LogP contribution >= 0.6 is 11.6 Å². The number of aromatic hydroxyl groups is 1. The largest absolute Gasteiger partial charge is 0.508 e. The molecular weight excluding hydrogens is 399 g/mol. The third-order valence-corrected chi connectivity index (χ3v) is 8.15. The van der Waals surface area contributed by atoms with Gasteiger partial charge in [-0.2, -0.15) is 10.2 Å². The number of fused-ring (bicyclic) bond motifs is 5. The van der Waals surface area contributed by atoms with Crippen molar-refractivity contribution in [3.63, 3.8) is 0 Å². The molecule has 3 aliphatic rings. The smallest absolute Gasteiger partial charge is 0.133 e. The van der Waals surface area contributed by atoms with Gasteiger partial charge in [-0.3, -0.25) is 0 Å². The minimum Gasteiger partial charge on any atom is -0.508 e. The number of benzene rings is 2. The Morgan fingerprint density at radius 3 is 2.87 bits per heavy atom. The second kappa shape index (κ2) is 7.49. The molecule has 0 heterocycles. The summed E-state index contributed by atoms with van der Waals surface area (Å²) in [5.74, 6) is 1.82. The fourth-order valence-electron chi connectivity index (χ4n) is 6.31. The van der Waals surface area contributed by atoms with E-state index in [2.05, 4.69) is 23.2 Å². The lowest BCUT2D eigenvalue weighted by Crippen LogP contribution is -2.42. The summed E-state index contributed by atoms with van der Waals surface area (Å²) in [4.78, 5) is 0. The zero-order valence-electron chi connectivity index (χ0n) is 17.1. The van der Waals surface area contributed by atoms with E-state index >= 15 is 0 Å². The average molecular weight is 425 g/mol. The maximum Gasteiger partial charge on any atom is 0.133 e. The molecule has 0 bridgehead atoms. The van der Waals surface area contributed by atoms with Crippen molar-refractivity contribution in [2.75, 3.05) is 0 Å². The summed E-state index contributed by atoms with van der Waals surface area (Å²) in [6.45, 7) is 2.34. The standard InChI is InChI=1S/C25H26ClFN2O/c1-25-12-11-18-17-8-6-16(30)13-15(17)5-7-19(18)21(25)9-10-24(25)29-28-14-20-22(26)3-2-4-23(20)27/h2-4,6,8,13-14,18-19,21,30H,5,7,9-12H2,1H3/b28-14-,29-24-/t18-,19-,21-,25-/m0/s1. The highest BCUT2D eigenvalue weighted by molar-refractivity contribution is 6.33. The molecule has 4 atom stereocenters. The lowest BCUT2D eigenvalue weighted by molar-refractivity contribution is 0.0955. The lowest BCUT2D eigenvalue weighted by atomic mass is 9.55. The number of halogens is 2. The van der Waals surface area contributed by atoms with Crippen LogP contribution in [0.5, 0.6) is 5.75 Å². The number of phenols is 1. The molecule has 0 unspecified atom stereocenters. The van der Waals surface area contributed by atoms with E-state index in [1.165, 1.54) is 29.8 Å². The Hall–Kier alpha value is -2.20. The van der Waals surface area contributed by atoms with E-state index < -0.39 is 0 Å². The molecule has 3 nitrogen and oxygen atoms in total. The summed E-state index contributed by atoms with van der Waals surface area (Å²) in [7, 11) is 0. The minimum absolute atomic E-state index is 0.0615. The molecule has 0 amide bonds. The molecule has 1 N–H and O–H groups in total. The summed E-state index contributed by atoms with van der Waals surface area (Å²) in [6, 6.07) is 10.5. The van der Waals surface area contributed by atoms with Crippen LogP contribution in [0.4, 0.5) is 4.39 Å². The molecule has 5 heteroatoms.